The highest BCUT2D eigenvalue weighted by atomic mass is 35.5. The number of anilines is 1. The van der Waals surface area contributed by atoms with Crippen molar-refractivity contribution in [3.05, 3.63) is 58.9 Å². The van der Waals surface area contributed by atoms with Crippen LogP contribution < -0.4 is 10.7 Å². The summed E-state index contributed by atoms with van der Waals surface area (Å²) in [7, 11) is -3.55. The maximum atomic E-state index is 13.7. The Bertz CT molecular complexity index is 990. The summed E-state index contributed by atoms with van der Waals surface area (Å²) in [6, 6.07) is 10.5. The molecule has 0 atom stereocenters. The van der Waals surface area contributed by atoms with Crippen LogP contribution >= 0.6 is 23.8 Å². The molecule has 0 bridgehead atoms. The first-order valence-electron chi connectivity index (χ1n) is 8.60. The van der Waals surface area contributed by atoms with Gasteiger partial charge in [-0.2, -0.15) is 9.41 Å². The number of hydrogen-bond acceptors (Lipinski definition) is 5. The van der Waals surface area contributed by atoms with Gasteiger partial charge in [-0.3, -0.25) is 5.43 Å². The summed E-state index contributed by atoms with van der Waals surface area (Å²) in [5, 5.41) is 7.11. The second-order valence-corrected chi connectivity index (χ2v) is 8.75. The van der Waals surface area contributed by atoms with Gasteiger partial charge in [0, 0.05) is 24.3 Å². The summed E-state index contributed by atoms with van der Waals surface area (Å²) in [6.45, 7) is 1.44. The van der Waals surface area contributed by atoms with Gasteiger partial charge in [-0.05, 0) is 48.6 Å². The lowest BCUT2D eigenvalue weighted by Crippen LogP contribution is -2.40. The molecule has 0 aliphatic carbocycles. The largest absolute Gasteiger partial charge is 0.379 e. The molecule has 1 aliphatic rings. The number of hydrogen-bond donors (Lipinski definition) is 2. The van der Waals surface area contributed by atoms with Crippen LogP contribution in [0.3, 0.4) is 0 Å². The first-order chi connectivity index (χ1) is 13.9. The first-order valence-corrected chi connectivity index (χ1v) is 10.8. The maximum Gasteiger partial charge on any atom is 0.243 e. The van der Waals surface area contributed by atoms with E-state index < -0.39 is 15.8 Å². The van der Waals surface area contributed by atoms with E-state index in [0.29, 0.717) is 32.0 Å². The monoisotopic (exact) mass is 456 g/mol. The van der Waals surface area contributed by atoms with Gasteiger partial charge in [-0.1, -0.05) is 17.7 Å². The molecule has 154 valence electrons. The molecule has 0 amide bonds. The molecule has 0 aromatic heterocycles. The van der Waals surface area contributed by atoms with Gasteiger partial charge in [0.2, 0.25) is 10.0 Å². The third kappa shape index (κ3) is 5.49. The molecule has 2 N–H and O–H groups in total. The fourth-order valence-electron chi connectivity index (χ4n) is 2.59. The summed E-state index contributed by atoms with van der Waals surface area (Å²) in [5.41, 5.74) is 3.27. The van der Waals surface area contributed by atoms with Crippen molar-refractivity contribution in [1.29, 1.82) is 0 Å². The molecule has 7 nitrogen and oxygen atoms in total. The molecule has 0 saturated carbocycles. The highest BCUT2D eigenvalue weighted by molar-refractivity contribution is 7.89. The van der Waals surface area contributed by atoms with Gasteiger partial charge in [0.05, 0.1) is 29.3 Å². The Labute approximate surface area is 178 Å². The van der Waals surface area contributed by atoms with Gasteiger partial charge in [-0.15, -0.1) is 0 Å². The Morgan fingerprint density at radius 3 is 2.55 bits per heavy atom. The van der Waals surface area contributed by atoms with Gasteiger partial charge in [-0.25, -0.2) is 12.8 Å². The minimum absolute atomic E-state index is 0.141. The van der Waals surface area contributed by atoms with Crippen LogP contribution in [0, 0.1) is 5.82 Å². The van der Waals surface area contributed by atoms with Crippen LogP contribution in [0.15, 0.2) is 52.5 Å². The summed E-state index contributed by atoms with van der Waals surface area (Å²) < 4.78 is 45.5. The maximum absolute atomic E-state index is 13.7. The van der Waals surface area contributed by atoms with Crippen molar-refractivity contribution in [2.24, 2.45) is 5.10 Å². The molecule has 3 rings (SSSR count). The zero-order chi connectivity index (χ0) is 20.9. The van der Waals surface area contributed by atoms with Crippen LogP contribution in [0.4, 0.5) is 10.1 Å². The third-order valence-corrected chi connectivity index (χ3v) is 6.52. The zero-order valence-electron chi connectivity index (χ0n) is 15.1. The number of benzene rings is 2. The second kappa shape index (κ2) is 9.59. The van der Waals surface area contributed by atoms with E-state index in [9.17, 15) is 12.8 Å². The van der Waals surface area contributed by atoms with Crippen LogP contribution in [-0.4, -0.2) is 50.4 Å². The van der Waals surface area contributed by atoms with E-state index >= 15 is 0 Å². The zero-order valence-corrected chi connectivity index (χ0v) is 17.5. The Morgan fingerprint density at radius 2 is 1.90 bits per heavy atom. The molecule has 29 heavy (non-hydrogen) atoms. The molecule has 2 aromatic rings. The molecule has 1 heterocycles. The molecule has 0 spiro atoms. The lowest BCUT2D eigenvalue weighted by molar-refractivity contribution is 0.0730. The minimum atomic E-state index is -3.55. The molecule has 1 aliphatic heterocycles. The quantitative estimate of drug-likeness (QED) is 0.409. The summed E-state index contributed by atoms with van der Waals surface area (Å²) >= 11 is 11.0. The normalized spacial score (nSPS) is 15.4. The Morgan fingerprint density at radius 1 is 1.21 bits per heavy atom. The fraction of sp³-hybridized carbons (Fsp3) is 0.222. The highest BCUT2D eigenvalue weighted by Crippen LogP contribution is 2.19. The van der Waals surface area contributed by atoms with Crippen LogP contribution in [-0.2, 0) is 14.8 Å². The number of rotatable bonds is 5. The summed E-state index contributed by atoms with van der Waals surface area (Å²) in [4.78, 5) is 0.191. The highest BCUT2D eigenvalue weighted by Gasteiger charge is 2.26. The van der Waals surface area contributed by atoms with Gasteiger partial charge in [0.25, 0.3) is 0 Å². The Hall–Kier alpha value is -2.11. The van der Waals surface area contributed by atoms with Crippen LogP contribution in [0.25, 0.3) is 0 Å². The van der Waals surface area contributed by atoms with Gasteiger partial charge < -0.3 is 10.1 Å². The van der Waals surface area contributed by atoms with Crippen molar-refractivity contribution in [2.75, 3.05) is 31.6 Å². The van der Waals surface area contributed by atoms with Crippen LogP contribution in [0.1, 0.15) is 5.56 Å². The van der Waals surface area contributed by atoms with Crippen molar-refractivity contribution >= 4 is 50.9 Å². The molecule has 0 unspecified atom stereocenters. The number of sulfonamides is 1. The van der Waals surface area contributed by atoms with Gasteiger partial charge in [0.15, 0.2) is 5.11 Å². The number of ether oxygens (including phenoxy) is 1. The van der Waals surface area contributed by atoms with E-state index in [0.717, 1.165) is 0 Å². The fourth-order valence-corrected chi connectivity index (χ4v) is 4.39. The van der Waals surface area contributed by atoms with Gasteiger partial charge >= 0.3 is 0 Å². The predicted octanol–water partition coefficient (Wildman–Crippen LogP) is 2.82. The minimum Gasteiger partial charge on any atom is -0.379 e. The molecule has 0 radical (unpaired) electrons. The third-order valence-electron chi connectivity index (χ3n) is 4.08. The smallest absolute Gasteiger partial charge is 0.243 e. The van der Waals surface area contributed by atoms with Gasteiger partial charge in [0.1, 0.15) is 5.82 Å². The van der Waals surface area contributed by atoms with Crippen LogP contribution in [0.5, 0.6) is 0 Å². The van der Waals surface area contributed by atoms with Crippen molar-refractivity contribution in [1.82, 2.24) is 9.73 Å². The molecule has 2 aromatic carbocycles. The molecule has 11 heteroatoms. The molecule has 1 saturated heterocycles. The standard InChI is InChI=1S/C18H18ClFN4O3S2/c19-16-2-1-3-17(20)15(16)12-21-23-18(28)22-13-4-6-14(7-5-13)29(25,26)24-8-10-27-11-9-24/h1-7,12H,8-11H2,(H2,22,23,28). The number of thiocarbonyl (C=S) groups is 1. The second-order valence-electron chi connectivity index (χ2n) is 6.00. The average molecular weight is 457 g/mol. The number of halogens is 2. The number of nitrogens with zero attached hydrogens (tertiary/aromatic N) is 2. The Balaban J connectivity index is 1.59. The van der Waals surface area contributed by atoms with Crippen molar-refractivity contribution in [3.8, 4) is 0 Å². The lowest BCUT2D eigenvalue weighted by Gasteiger charge is -2.26. The summed E-state index contributed by atoms with van der Waals surface area (Å²) in [6.07, 6.45) is 1.23. The van der Waals surface area contributed by atoms with Crippen molar-refractivity contribution < 1.29 is 17.5 Å². The van der Waals surface area contributed by atoms with E-state index in [2.05, 4.69) is 15.8 Å². The Kier molecular flexibility index (Phi) is 7.14. The van der Waals surface area contributed by atoms with E-state index in [1.807, 2.05) is 0 Å². The molecule has 1 fully saturated rings. The van der Waals surface area contributed by atoms with E-state index in [4.69, 9.17) is 28.6 Å². The molecular weight excluding hydrogens is 439 g/mol. The first kappa shape index (κ1) is 21.6. The number of hydrazone groups is 1. The van der Waals surface area contributed by atoms with E-state index in [1.165, 1.54) is 34.8 Å². The van der Waals surface area contributed by atoms with E-state index in [-0.39, 0.29) is 20.6 Å². The van der Waals surface area contributed by atoms with Crippen molar-refractivity contribution in [2.45, 2.75) is 4.90 Å². The lowest BCUT2D eigenvalue weighted by atomic mass is 10.2. The summed E-state index contributed by atoms with van der Waals surface area (Å²) in [5.74, 6) is -0.501. The number of nitrogens with one attached hydrogen (secondary N) is 2. The topological polar surface area (TPSA) is 83.0 Å². The SMILES string of the molecule is O=S(=O)(c1ccc(NC(=S)NN=Cc2c(F)cccc2Cl)cc1)N1CCOCC1. The van der Waals surface area contributed by atoms with E-state index in [1.54, 1.807) is 18.2 Å². The number of morpholine rings is 1. The van der Waals surface area contributed by atoms with Crippen molar-refractivity contribution in [3.63, 3.8) is 0 Å². The van der Waals surface area contributed by atoms with Crippen LogP contribution in [0.2, 0.25) is 5.02 Å². The average Bonchev–Trinajstić information content (AvgIpc) is 2.71. The molecular formula is C18H18ClFN4O3S2. The predicted molar refractivity (Wildman–Crippen MR) is 114 cm³/mol.